The van der Waals surface area contributed by atoms with Crippen LogP contribution >= 0.6 is 0 Å². The number of hydrogen-bond acceptors (Lipinski definition) is 4. The zero-order valence-electron chi connectivity index (χ0n) is 17.7. The average molecular weight is 422 g/mol. The van der Waals surface area contributed by atoms with Gasteiger partial charge in [0.25, 0.3) is 0 Å². The lowest BCUT2D eigenvalue weighted by Crippen LogP contribution is -2.18. The van der Waals surface area contributed by atoms with Gasteiger partial charge in [0.05, 0.1) is 5.56 Å². The molecule has 2 heterocycles. The van der Waals surface area contributed by atoms with Crippen molar-refractivity contribution in [2.75, 3.05) is 6.61 Å². The molecule has 5 rings (SSSR count). The summed E-state index contributed by atoms with van der Waals surface area (Å²) in [6.45, 7) is 2.38. The molecule has 3 aromatic rings. The molecule has 0 saturated carbocycles. The first-order valence-corrected chi connectivity index (χ1v) is 10.6. The number of benzene rings is 3. The van der Waals surface area contributed by atoms with Gasteiger partial charge in [-0.15, -0.1) is 0 Å². The minimum Gasteiger partial charge on any atom is -0.489 e. The largest absolute Gasteiger partial charge is 0.489 e. The molecule has 2 aliphatic rings. The summed E-state index contributed by atoms with van der Waals surface area (Å²) in [5.41, 5.74) is 3.53. The maximum Gasteiger partial charge on any atom is 0.231 e. The van der Waals surface area contributed by atoms with Crippen molar-refractivity contribution >= 4 is 17.9 Å². The van der Waals surface area contributed by atoms with Crippen LogP contribution < -0.4 is 14.2 Å². The first-order chi connectivity index (χ1) is 15.7. The lowest BCUT2D eigenvalue weighted by Gasteiger charge is -2.22. The first-order valence-electron chi connectivity index (χ1n) is 10.6. The van der Waals surface area contributed by atoms with E-state index in [0.717, 1.165) is 22.4 Å². The topological polar surface area (TPSA) is 44.8 Å². The molecule has 4 nitrogen and oxygen atoms in total. The van der Waals surface area contributed by atoms with Gasteiger partial charge in [-0.1, -0.05) is 54.6 Å². The molecule has 0 spiro atoms. The van der Waals surface area contributed by atoms with Crippen molar-refractivity contribution in [3.8, 4) is 17.2 Å². The van der Waals surface area contributed by atoms with Gasteiger partial charge in [-0.3, -0.25) is 4.79 Å². The highest BCUT2D eigenvalue weighted by Gasteiger charge is 2.29. The van der Waals surface area contributed by atoms with E-state index in [9.17, 15) is 4.79 Å². The second-order valence-corrected chi connectivity index (χ2v) is 7.66. The van der Waals surface area contributed by atoms with E-state index in [1.54, 1.807) is 24.3 Å². The highest BCUT2D eigenvalue weighted by Crippen LogP contribution is 2.36. The lowest BCUT2D eigenvalue weighted by molar-refractivity contribution is 0.101. The molecule has 0 aromatic heterocycles. The first kappa shape index (κ1) is 19.9. The van der Waals surface area contributed by atoms with E-state index in [-0.39, 0.29) is 11.9 Å². The molecule has 0 amide bonds. The van der Waals surface area contributed by atoms with Crippen molar-refractivity contribution in [1.29, 1.82) is 0 Å². The number of para-hydroxylation sites is 1. The van der Waals surface area contributed by atoms with Crippen LogP contribution in [-0.2, 0) is 0 Å². The standard InChI is InChI=1S/C28H22O4/c1-19-22(16-21-11-5-6-12-25(21)31-19)17-27-28(29)24-14-13-23(18-26(24)32-27)30-15-7-10-20-8-3-2-4-9-20/h2-14,16-19H,15H2,1H3. The van der Waals surface area contributed by atoms with E-state index in [1.807, 2.05) is 79.7 Å². The van der Waals surface area contributed by atoms with Crippen LogP contribution in [0.5, 0.6) is 17.2 Å². The number of carbonyl (C=O) groups excluding carboxylic acids is 1. The zero-order valence-corrected chi connectivity index (χ0v) is 17.7. The highest BCUT2D eigenvalue weighted by molar-refractivity contribution is 6.12. The number of Topliss-reactive ketones (excluding diaryl/α,β-unsaturated/α-hetero) is 1. The van der Waals surface area contributed by atoms with Crippen molar-refractivity contribution in [3.05, 3.63) is 113 Å². The Balaban J connectivity index is 1.30. The van der Waals surface area contributed by atoms with Crippen molar-refractivity contribution in [1.82, 2.24) is 0 Å². The van der Waals surface area contributed by atoms with Crippen LogP contribution in [0.4, 0.5) is 0 Å². The Bertz CT molecular complexity index is 1250. The highest BCUT2D eigenvalue weighted by atomic mass is 16.5. The Hall–Kier alpha value is -4.05. The monoisotopic (exact) mass is 422 g/mol. The summed E-state index contributed by atoms with van der Waals surface area (Å²) in [6.07, 6.45) is 7.59. The van der Waals surface area contributed by atoms with Crippen LogP contribution in [0.25, 0.3) is 12.2 Å². The minimum atomic E-state index is -0.173. The Morgan fingerprint density at radius 1 is 0.969 bits per heavy atom. The molecule has 2 aliphatic heterocycles. The molecule has 0 saturated heterocycles. The molecule has 1 unspecified atom stereocenters. The predicted molar refractivity (Wildman–Crippen MR) is 125 cm³/mol. The maximum atomic E-state index is 12.8. The molecule has 0 fully saturated rings. The van der Waals surface area contributed by atoms with Gasteiger partial charge < -0.3 is 14.2 Å². The van der Waals surface area contributed by atoms with Crippen molar-refractivity contribution in [2.24, 2.45) is 0 Å². The van der Waals surface area contributed by atoms with E-state index in [4.69, 9.17) is 14.2 Å². The van der Waals surface area contributed by atoms with Crippen LogP contribution in [0.1, 0.15) is 28.4 Å². The van der Waals surface area contributed by atoms with E-state index in [1.165, 1.54) is 0 Å². The number of ketones is 1. The number of carbonyl (C=O) groups is 1. The second kappa shape index (κ2) is 8.60. The van der Waals surface area contributed by atoms with Gasteiger partial charge in [0.1, 0.15) is 30.0 Å². The smallest absolute Gasteiger partial charge is 0.231 e. The number of hydrogen-bond donors (Lipinski definition) is 0. The molecule has 0 N–H and O–H groups in total. The van der Waals surface area contributed by atoms with E-state index in [2.05, 4.69) is 0 Å². The summed E-state index contributed by atoms with van der Waals surface area (Å²) in [7, 11) is 0. The summed E-state index contributed by atoms with van der Waals surface area (Å²) in [4.78, 5) is 12.8. The van der Waals surface area contributed by atoms with Gasteiger partial charge in [0, 0.05) is 11.6 Å². The Morgan fingerprint density at radius 3 is 2.66 bits per heavy atom. The number of rotatable bonds is 5. The van der Waals surface area contributed by atoms with Gasteiger partial charge in [-0.2, -0.15) is 0 Å². The number of ether oxygens (including phenoxy) is 3. The molecule has 0 radical (unpaired) electrons. The molecular formula is C28H22O4. The third kappa shape index (κ3) is 4.08. The SMILES string of the molecule is CC1Oc2ccccc2C=C1C=C1Oc2cc(OCC=Cc3ccccc3)ccc2C1=O. The van der Waals surface area contributed by atoms with Crippen LogP contribution in [0.2, 0.25) is 0 Å². The summed E-state index contributed by atoms with van der Waals surface area (Å²) in [5, 5.41) is 0. The molecule has 0 bridgehead atoms. The fraction of sp³-hybridized carbons (Fsp3) is 0.107. The Morgan fingerprint density at radius 2 is 1.78 bits per heavy atom. The summed E-state index contributed by atoms with van der Waals surface area (Å²) < 4.78 is 17.7. The van der Waals surface area contributed by atoms with Gasteiger partial charge in [-0.25, -0.2) is 0 Å². The fourth-order valence-corrected chi connectivity index (χ4v) is 3.72. The van der Waals surface area contributed by atoms with E-state index < -0.39 is 0 Å². The van der Waals surface area contributed by atoms with Gasteiger partial charge >= 0.3 is 0 Å². The van der Waals surface area contributed by atoms with Crippen LogP contribution in [0, 0.1) is 0 Å². The molecule has 1 atom stereocenters. The third-order valence-electron chi connectivity index (χ3n) is 5.41. The summed E-state index contributed by atoms with van der Waals surface area (Å²) >= 11 is 0. The average Bonchev–Trinajstić information content (AvgIpc) is 3.12. The number of fused-ring (bicyclic) bond motifs is 2. The van der Waals surface area contributed by atoms with Crippen molar-refractivity contribution in [2.45, 2.75) is 13.0 Å². The van der Waals surface area contributed by atoms with Gasteiger partial charge in [-0.05, 0) is 54.5 Å². The normalized spacial score (nSPS) is 18.0. The van der Waals surface area contributed by atoms with Crippen molar-refractivity contribution in [3.63, 3.8) is 0 Å². The fourth-order valence-electron chi connectivity index (χ4n) is 3.72. The van der Waals surface area contributed by atoms with Gasteiger partial charge in [0.2, 0.25) is 5.78 Å². The second-order valence-electron chi connectivity index (χ2n) is 7.66. The minimum absolute atomic E-state index is 0.137. The molecular weight excluding hydrogens is 400 g/mol. The lowest BCUT2D eigenvalue weighted by atomic mass is 10.0. The van der Waals surface area contributed by atoms with Crippen molar-refractivity contribution < 1.29 is 19.0 Å². The summed E-state index contributed by atoms with van der Waals surface area (Å²) in [6, 6.07) is 23.2. The van der Waals surface area contributed by atoms with E-state index >= 15 is 0 Å². The molecule has 158 valence electrons. The van der Waals surface area contributed by atoms with Crippen LogP contribution in [0.3, 0.4) is 0 Å². The molecule has 32 heavy (non-hydrogen) atoms. The molecule has 3 aromatic carbocycles. The zero-order chi connectivity index (χ0) is 21.9. The van der Waals surface area contributed by atoms with Crippen LogP contribution in [0.15, 0.2) is 96.3 Å². The summed E-state index contributed by atoms with van der Waals surface area (Å²) in [5.74, 6) is 2.16. The van der Waals surface area contributed by atoms with Gasteiger partial charge in [0.15, 0.2) is 5.76 Å². The van der Waals surface area contributed by atoms with Crippen LogP contribution in [-0.4, -0.2) is 18.5 Å². The predicted octanol–water partition coefficient (Wildman–Crippen LogP) is 6.10. The molecule has 4 heteroatoms. The molecule has 0 aliphatic carbocycles. The Kier molecular flexibility index (Phi) is 5.34. The quantitative estimate of drug-likeness (QED) is 0.466. The number of allylic oxidation sites excluding steroid dienone is 1. The van der Waals surface area contributed by atoms with E-state index in [0.29, 0.717) is 29.4 Å². The maximum absolute atomic E-state index is 12.8. The third-order valence-corrected chi connectivity index (χ3v) is 5.41. The Labute approximate surface area is 187 Å².